The van der Waals surface area contributed by atoms with Crippen molar-refractivity contribution in [1.29, 1.82) is 0 Å². The Bertz CT molecular complexity index is 3070. The lowest BCUT2D eigenvalue weighted by Gasteiger charge is -2.20. The van der Waals surface area contributed by atoms with Gasteiger partial charge in [0, 0.05) is 24.5 Å². The lowest BCUT2D eigenvalue weighted by atomic mass is 9.92. The van der Waals surface area contributed by atoms with Gasteiger partial charge in [-0.05, 0) is 104 Å². The second kappa shape index (κ2) is 19.2. The van der Waals surface area contributed by atoms with E-state index in [0.29, 0.717) is 34.5 Å². The van der Waals surface area contributed by atoms with Crippen molar-refractivity contribution in [1.82, 2.24) is 4.90 Å². The Morgan fingerprint density at radius 2 is 1.31 bits per heavy atom. The van der Waals surface area contributed by atoms with Crippen LogP contribution in [-0.2, 0) is 30.4 Å². The van der Waals surface area contributed by atoms with Crippen LogP contribution in [-0.4, -0.2) is 81.5 Å². The number of carbonyl (C=O) groups is 1. The molecule has 5 aromatic rings. The summed E-state index contributed by atoms with van der Waals surface area (Å²) in [5.74, 6) is -1.19. The predicted molar refractivity (Wildman–Crippen MR) is 243 cm³/mol. The zero-order chi connectivity index (χ0) is 46.4. The number of likely N-dealkylation sites (N-methyl/N-ethyl adjacent to an activating group) is 1. The number of para-hydroxylation sites is 1. The predicted octanol–water partition coefficient (Wildman–Crippen LogP) is 7.57. The number of fused-ring (bicyclic) bond motifs is 1. The van der Waals surface area contributed by atoms with Crippen LogP contribution in [0.4, 0.5) is 56.9 Å². The second-order valence-corrected chi connectivity index (χ2v) is 18.0. The first-order chi connectivity index (χ1) is 30.3. The number of azo groups is 2. The highest BCUT2D eigenvalue weighted by Crippen LogP contribution is 2.41. The molecule has 0 aliphatic heterocycles. The number of hydrogen-bond acceptors (Lipinski definition) is 18. The molecule has 10 N–H and O–H groups in total. The molecule has 5 aromatic carbocycles. The fraction of sp³-hybridized carbons (Fsp3) is 0.150. The van der Waals surface area contributed by atoms with Gasteiger partial charge in [0.05, 0.1) is 39.7 Å². The number of nitrogen functional groups attached to an aromatic ring is 2. The van der Waals surface area contributed by atoms with Crippen LogP contribution in [0.25, 0.3) is 6.08 Å². The number of hydrogen-bond donors (Lipinski definition) is 8. The van der Waals surface area contributed by atoms with Crippen LogP contribution in [0, 0.1) is 0 Å². The van der Waals surface area contributed by atoms with E-state index < -0.39 is 79.0 Å². The van der Waals surface area contributed by atoms with E-state index in [1.807, 2.05) is 6.07 Å². The average molecular weight is 932 g/mol. The maximum absolute atomic E-state index is 13.8. The molecule has 0 atom stereocenters. The molecule has 21 nitrogen and oxygen atoms in total. The number of rotatable bonds is 17. The van der Waals surface area contributed by atoms with Gasteiger partial charge in [0.2, 0.25) is 5.78 Å². The molecule has 24 heteroatoms. The molecule has 0 aromatic heterocycles. The maximum atomic E-state index is 13.8. The van der Waals surface area contributed by atoms with Crippen LogP contribution in [0.2, 0.25) is 0 Å². The van der Waals surface area contributed by atoms with Gasteiger partial charge in [-0.1, -0.05) is 32.0 Å². The highest BCUT2D eigenvalue weighted by molar-refractivity contribution is 7.91. The maximum Gasteiger partial charge on any atom is 0.296 e. The third-order valence-corrected chi connectivity index (χ3v) is 12.2. The van der Waals surface area contributed by atoms with Crippen molar-refractivity contribution in [2.45, 2.75) is 23.6 Å². The zero-order valence-corrected chi connectivity index (χ0v) is 36.4. The minimum Gasteiger partial charge on any atom is -0.397 e. The summed E-state index contributed by atoms with van der Waals surface area (Å²) in [6.45, 7) is 7.76. The molecular formula is C40H41N11O10S3. The lowest BCUT2D eigenvalue weighted by Crippen LogP contribution is -2.28. The largest absolute Gasteiger partial charge is 0.397 e. The van der Waals surface area contributed by atoms with E-state index in [9.17, 15) is 43.7 Å². The van der Waals surface area contributed by atoms with Crippen molar-refractivity contribution >= 4 is 105 Å². The third-order valence-electron chi connectivity index (χ3n) is 9.53. The average Bonchev–Trinajstić information content (AvgIpc) is 3.24. The zero-order valence-electron chi connectivity index (χ0n) is 33.9. The van der Waals surface area contributed by atoms with Gasteiger partial charge in [-0.3, -0.25) is 23.9 Å². The van der Waals surface area contributed by atoms with Crippen molar-refractivity contribution < 1.29 is 43.7 Å². The smallest absolute Gasteiger partial charge is 0.296 e. The molecule has 0 bridgehead atoms. The van der Waals surface area contributed by atoms with E-state index in [4.69, 9.17) is 11.5 Å². The molecule has 1 aliphatic rings. The fourth-order valence-electron chi connectivity index (χ4n) is 6.26. The number of Topliss-reactive ketones (excluding diaryl/α,β-unsaturated/α-hetero) is 1. The molecule has 0 saturated heterocycles. The first kappa shape index (κ1) is 46.6. The SMILES string of the molecule is CCN(CC)CCNc1ccc(N=Nc2ccc(Nc3ccc(N=Nc4c(S(=O)(=O)O)cc5c(c4N)C(=O)/C(=N\Nc4ccccc4)C(S(=O)(=O)O)=C5)cc3S(=O)(=O)O)cc2)c(N)c1. The van der Waals surface area contributed by atoms with Gasteiger partial charge >= 0.3 is 0 Å². The van der Waals surface area contributed by atoms with Crippen LogP contribution in [0.5, 0.6) is 0 Å². The molecule has 0 fully saturated rings. The number of allylic oxidation sites excluding steroid dienone is 1. The summed E-state index contributed by atoms with van der Waals surface area (Å²) in [5, 5.41) is 26.3. The molecule has 6 rings (SSSR count). The minimum atomic E-state index is -5.22. The number of ketones is 1. The van der Waals surface area contributed by atoms with Crippen LogP contribution in [0.3, 0.4) is 0 Å². The van der Waals surface area contributed by atoms with Gasteiger partial charge in [0.15, 0.2) is 5.71 Å². The van der Waals surface area contributed by atoms with E-state index in [1.165, 1.54) is 12.1 Å². The molecule has 0 heterocycles. The number of nitrogens with zero attached hydrogens (tertiary/aromatic N) is 6. The standard InChI is InChI=1S/C40H41N11O10S3/c1-3-51(4-2)19-18-43-28-14-16-31(30(41)22-28)48-45-27-12-10-25(11-13-27)44-32-17-15-29(23-33(32)62(53,54)55)47-49-38-34(63(56,57)58)20-24-21-35(64(59,60)61)39(40(52)36(24)37(38)42)50-46-26-8-6-5-7-9-26/h5-17,20-23,43-44,46H,3-4,18-19,41-42H2,1-2H3,(H,53,54,55)(H,56,57,58)(H,59,60,61)/b48-45?,49-47?,50-39-. The van der Waals surface area contributed by atoms with Gasteiger partial charge in [-0.2, -0.15) is 40.6 Å². The molecule has 0 radical (unpaired) electrons. The van der Waals surface area contributed by atoms with Crippen LogP contribution in [0.15, 0.2) is 137 Å². The Morgan fingerprint density at radius 3 is 1.94 bits per heavy atom. The van der Waals surface area contributed by atoms with Crippen LogP contribution < -0.4 is 27.5 Å². The van der Waals surface area contributed by atoms with E-state index in [-0.39, 0.29) is 11.4 Å². The first-order valence-corrected chi connectivity index (χ1v) is 23.3. The molecule has 334 valence electrons. The van der Waals surface area contributed by atoms with Crippen molar-refractivity contribution in [3.8, 4) is 0 Å². The molecule has 1 aliphatic carbocycles. The molecular weight excluding hydrogens is 891 g/mol. The number of nitrogens with one attached hydrogen (secondary N) is 3. The van der Waals surface area contributed by atoms with Crippen molar-refractivity contribution in [2.75, 3.05) is 53.7 Å². The van der Waals surface area contributed by atoms with Crippen molar-refractivity contribution in [2.24, 2.45) is 25.6 Å². The highest BCUT2D eigenvalue weighted by Gasteiger charge is 2.37. The van der Waals surface area contributed by atoms with E-state index in [0.717, 1.165) is 44.0 Å². The van der Waals surface area contributed by atoms with Crippen LogP contribution in [0.1, 0.15) is 29.8 Å². The van der Waals surface area contributed by atoms with Crippen molar-refractivity contribution in [3.63, 3.8) is 0 Å². The summed E-state index contributed by atoms with van der Waals surface area (Å²) in [4.78, 5) is 13.4. The highest BCUT2D eigenvalue weighted by atomic mass is 32.2. The molecule has 0 amide bonds. The molecule has 0 saturated carbocycles. The Morgan fingerprint density at radius 1 is 0.672 bits per heavy atom. The van der Waals surface area contributed by atoms with Crippen LogP contribution >= 0.6 is 0 Å². The van der Waals surface area contributed by atoms with Gasteiger partial charge in [0.25, 0.3) is 30.4 Å². The quantitative estimate of drug-likeness (QED) is 0.0193. The molecule has 64 heavy (non-hydrogen) atoms. The van der Waals surface area contributed by atoms with Gasteiger partial charge < -0.3 is 27.0 Å². The fourth-order valence-corrected chi connectivity index (χ4v) is 8.26. The van der Waals surface area contributed by atoms with Gasteiger partial charge in [0.1, 0.15) is 26.1 Å². The first-order valence-electron chi connectivity index (χ1n) is 19.0. The number of nitrogens with two attached hydrogens (primary N) is 2. The minimum absolute atomic E-state index is 0.107. The summed E-state index contributed by atoms with van der Waals surface area (Å²) in [6.07, 6.45) is 0.731. The summed E-state index contributed by atoms with van der Waals surface area (Å²) >= 11 is 0. The number of benzene rings is 5. The number of carbonyl (C=O) groups excluding carboxylic acids is 1. The Hall–Kier alpha value is -6.93. The topological polar surface area (TPSA) is 333 Å². The van der Waals surface area contributed by atoms with E-state index in [1.54, 1.807) is 66.7 Å². The number of hydrazone groups is 1. The Labute approximate surface area is 368 Å². The molecule has 0 unspecified atom stereocenters. The molecule has 0 spiro atoms. The van der Waals surface area contributed by atoms with Gasteiger partial charge in [-0.25, -0.2) is 0 Å². The lowest BCUT2D eigenvalue weighted by molar-refractivity contribution is 0.106. The normalized spacial score (nSPS) is 14.0. The summed E-state index contributed by atoms with van der Waals surface area (Å²) < 4.78 is 105. The van der Waals surface area contributed by atoms with E-state index >= 15 is 0 Å². The second-order valence-electron chi connectivity index (χ2n) is 13.8. The summed E-state index contributed by atoms with van der Waals surface area (Å²) in [6, 6.07) is 23.7. The van der Waals surface area contributed by atoms with E-state index in [2.05, 4.69) is 60.4 Å². The van der Waals surface area contributed by atoms with Crippen molar-refractivity contribution in [3.05, 3.63) is 113 Å². The summed E-state index contributed by atoms with van der Waals surface area (Å²) in [5.41, 5.74) is 14.2. The Balaban J connectivity index is 1.25. The number of anilines is 6. The summed E-state index contributed by atoms with van der Waals surface area (Å²) in [7, 11) is -15.3. The van der Waals surface area contributed by atoms with Gasteiger partial charge in [-0.15, -0.1) is 10.2 Å². The Kier molecular flexibility index (Phi) is 14.0. The monoisotopic (exact) mass is 931 g/mol. The third kappa shape index (κ3) is 11.2.